The van der Waals surface area contributed by atoms with Gasteiger partial charge in [0.25, 0.3) is 6.64 Å². The molecule has 1 unspecified atom stereocenters. The Morgan fingerprint density at radius 3 is 2.00 bits per heavy atom. The summed E-state index contributed by atoms with van der Waals surface area (Å²) in [6.45, 7) is -2.58. The SMILES string of the molecule is COP(O)(=S)N(C)C. The molecule has 0 aromatic rings. The van der Waals surface area contributed by atoms with Crippen molar-refractivity contribution < 1.29 is 9.42 Å². The molecule has 3 nitrogen and oxygen atoms in total. The molecule has 0 spiro atoms. The fraction of sp³-hybridized carbons (Fsp3) is 1.00. The van der Waals surface area contributed by atoms with Crippen molar-refractivity contribution in [1.29, 1.82) is 0 Å². The van der Waals surface area contributed by atoms with Crippen LogP contribution in [0.1, 0.15) is 0 Å². The Kier molecular flexibility index (Phi) is 3.09. The molecule has 1 N–H and O–H groups in total. The molecule has 1 atom stereocenters. The fourth-order valence-electron chi connectivity index (χ4n) is 0.163. The van der Waals surface area contributed by atoms with Gasteiger partial charge in [0.1, 0.15) is 0 Å². The van der Waals surface area contributed by atoms with E-state index in [1.54, 1.807) is 14.1 Å². The van der Waals surface area contributed by atoms with Crippen LogP contribution in [0.15, 0.2) is 0 Å². The van der Waals surface area contributed by atoms with Crippen molar-refractivity contribution in [3.8, 4) is 0 Å². The number of hydrogen-bond donors (Lipinski definition) is 1. The Balaban J connectivity index is 3.93. The summed E-state index contributed by atoms with van der Waals surface area (Å²) in [6, 6.07) is 0. The van der Waals surface area contributed by atoms with Crippen LogP contribution in [0, 0.1) is 0 Å². The molecule has 0 rings (SSSR count). The summed E-state index contributed by atoms with van der Waals surface area (Å²) in [5, 5.41) is 0. The molecule has 0 aromatic carbocycles. The van der Waals surface area contributed by atoms with Gasteiger partial charge in [-0.2, -0.15) is 0 Å². The van der Waals surface area contributed by atoms with Crippen LogP contribution in [0.2, 0.25) is 0 Å². The minimum absolute atomic E-state index is 1.40. The van der Waals surface area contributed by atoms with Crippen LogP contribution < -0.4 is 0 Å². The molecule has 0 aliphatic rings. The summed E-state index contributed by atoms with van der Waals surface area (Å²) < 4.78 is 6.11. The van der Waals surface area contributed by atoms with Crippen molar-refractivity contribution in [1.82, 2.24) is 4.67 Å². The maximum Gasteiger partial charge on any atom is 0.260 e. The quantitative estimate of drug-likeness (QED) is 0.585. The van der Waals surface area contributed by atoms with Gasteiger partial charge in [-0.1, -0.05) is 0 Å². The van der Waals surface area contributed by atoms with E-state index < -0.39 is 6.64 Å². The second-order valence-corrected chi connectivity index (χ2v) is 5.09. The molecule has 8 heavy (non-hydrogen) atoms. The van der Waals surface area contributed by atoms with Gasteiger partial charge in [0, 0.05) is 7.11 Å². The first-order valence-electron chi connectivity index (χ1n) is 2.07. The third kappa shape index (κ3) is 2.20. The minimum atomic E-state index is -2.58. The van der Waals surface area contributed by atoms with Gasteiger partial charge in [0.05, 0.1) is 0 Å². The largest absolute Gasteiger partial charge is 0.334 e. The van der Waals surface area contributed by atoms with Crippen LogP contribution in [-0.2, 0) is 16.3 Å². The van der Waals surface area contributed by atoms with Gasteiger partial charge < -0.3 is 9.42 Å². The Labute approximate surface area is 54.5 Å². The molecule has 0 heterocycles. The van der Waals surface area contributed by atoms with Gasteiger partial charge in [-0.15, -0.1) is 0 Å². The van der Waals surface area contributed by atoms with E-state index >= 15 is 0 Å². The van der Waals surface area contributed by atoms with Gasteiger partial charge in [-0.25, -0.2) is 4.67 Å². The van der Waals surface area contributed by atoms with E-state index in [0.717, 1.165) is 0 Å². The van der Waals surface area contributed by atoms with E-state index in [2.05, 4.69) is 16.3 Å². The zero-order chi connectivity index (χ0) is 6.78. The van der Waals surface area contributed by atoms with Crippen LogP contribution in [0.4, 0.5) is 0 Å². The van der Waals surface area contributed by atoms with Crippen LogP contribution in [0.3, 0.4) is 0 Å². The second-order valence-electron chi connectivity index (χ2n) is 1.52. The summed E-state index contributed by atoms with van der Waals surface area (Å²) in [5.41, 5.74) is 0. The molecule has 0 saturated heterocycles. The third-order valence-corrected chi connectivity index (χ3v) is 3.66. The normalized spacial score (nSPS) is 18.6. The standard InChI is InChI=1S/C3H10NO2PS/c1-4(2)7(5,8)6-3/h1-3H3,(H,5,8). The van der Waals surface area contributed by atoms with E-state index in [-0.39, 0.29) is 0 Å². The molecule has 0 aliphatic carbocycles. The Hall–Kier alpha value is 0.530. The highest BCUT2D eigenvalue weighted by molar-refractivity contribution is 8.08. The predicted octanol–water partition coefficient (Wildman–Crippen LogP) is 0.411. The number of rotatable bonds is 2. The first-order valence-corrected chi connectivity index (χ1v) is 4.69. The molecule has 0 bridgehead atoms. The van der Waals surface area contributed by atoms with Crippen molar-refractivity contribution in [2.24, 2.45) is 0 Å². The Morgan fingerprint density at radius 2 is 2.00 bits per heavy atom. The molecular formula is C3H10NO2PS. The van der Waals surface area contributed by atoms with E-state index in [0.29, 0.717) is 0 Å². The lowest BCUT2D eigenvalue weighted by Gasteiger charge is -2.19. The van der Waals surface area contributed by atoms with Crippen LogP contribution >= 0.6 is 6.64 Å². The van der Waals surface area contributed by atoms with Crippen molar-refractivity contribution in [3.63, 3.8) is 0 Å². The second kappa shape index (κ2) is 2.90. The number of nitrogens with zero attached hydrogens (tertiary/aromatic N) is 1. The lowest BCUT2D eigenvalue weighted by atomic mass is 11.3. The predicted molar refractivity (Wildman–Crippen MR) is 37.2 cm³/mol. The monoisotopic (exact) mass is 155 g/mol. The van der Waals surface area contributed by atoms with E-state index in [1.165, 1.54) is 11.8 Å². The van der Waals surface area contributed by atoms with Crippen LogP contribution in [-0.4, -0.2) is 30.8 Å². The molecule has 0 aromatic heterocycles. The minimum Gasteiger partial charge on any atom is -0.334 e. The Bertz CT molecular complexity index is 116. The average Bonchev–Trinajstić information content (AvgIpc) is 1.67. The van der Waals surface area contributed by atoms with Crippen molar-refractivity contribution in [2.75, 3.05) is 21.2 Å². The van der Waals surface area contributed by atoms with Gasteiger partial charge in [-0.3, -0.25) is 0 Å². The first kappa shape index (κ1) is 8.53. The van der Waals surface area contributed by atoms with Gasteiger partial charge in [0.15, 0.2) is 0 Å². The zero-order valence-electron chi connectivity index (χ0n) is 5.16. The molecule has 0 amide bonds. The molecule has 0 saturated carbocycles. The maximum absolute atomic E-state index is 9.03. The average molecular weight is 155 g/mol. The smallest absolute Gasteiger partial charge is 0.260 e. The molecule has 0 radical (unpaired) electrons. The fourth-order valence-corrected chi connectivity index (χ4v) is 0.490. The highest BCUT2D eigenvalue weighted by Crippen LogP contribution is 2.42. The van der Waals surface area contributed by atoms with Crippen molar-refractivity contribution >= 4 is 18.4 Å². The highest BCUT2D eigenvalue weighted by atomic mass is 32.5. The summed E-state index contributed by atoms with van der Waals surface area (Å²) in [6.07, 6.45) is 0. The summed E-state index contributed by atoms with van der Waals surface area (Å²) >= 11 is 4.64. The lowest BCUT2D eigenvalue weighted by molar-refractivity contribution is 0.337. The highest BCUT2D eigenvalue weighted by Gasteiger charge is 2.12. The maximum atomic E-state index is 9.03. The summed E-state index contributed by atoms with van der Waals surface area (Å²) in [5.74, 6) is 0. The van der Waals surface area contributed by atoms with Crippen molar-refractivity contribution in [2.45, 2.75) is 0 Å². The first-order chi connectivity index (χ1) is 3.50. The molecule has 5 heteroatoms. The van der Waals surface area contributed by atoms with Crippen LogP contribution in [0.5, 0.6) is 0 Å². The van der Waals surface area contributed by atoms with E-state index in [9.17, 15) is 0 Å². The molecule has 0 fully saturated rings. The van der Waals surface area contributed by atoms with Crippen LogP contribution in [0.25, 0.3) is 0 Å². The van der Waals surface area contributed by atoms with Gasteiger partial charge in [0.2, 0.25) is 0 Å². The van der Waals surface area contributed by atoms with Gasteiger partial charge >= 0.3 is 0 Å². The van der Waals surface area contributed by atoms with Gasteiger partial charge in [-0.05, 0) is 25.9 Å². The van der Waals surface area contributed by atoms with Crippen molar-refractivity contribution in [3.05, 3.63) is 0 Å². The topological polar surface area (TPSA) is 32.7 Å². The third-order valence-electron chi connectivity index (χ3n) is 0.743. The molecule has 0 aliphatic heterocycles. The summed E-state index contributed by atoms with van der Waals surface area (Å²) in [4.78, 5) is 9.03. The molecule has 50 valence electrons. The molecular weight excluding hydrogens is 145 g/mol. The summed E-state index contributed by atoms with van der Waals surface area (Å²) in [7, 11) is 4.77. The zero-order valence-corrected chi connectivity index (χ0v) is 6.87. The Morgan fingerprint density at radius 1 is 1.62 bits per heavy atom. The van der Waals surface area contributed by atoms with E-state index in [1.807, 2.05) is 0 Å². The van der Waals surface area contributed by atoms with E-state index in [4.69, 9.17) is 4.89 Å². The lowest BCUT2D eigenvalue weighted by Crippen LogP contribution is -2.07. The number of hydrogen-bond acceptors (Lipinski definition) is 2.